The number of benzene rings is 9. The average Bonchev–Trinajstić information content (AvgIpc) is 3.29. The molecule has 264 valence electrons. The van der Waals surface area contributed by atoms with Gasteiger partial charge in [-0.05, 0) is 79.9 Å². The summed E-state index contributed by atoms with van der Waals surface area (Å²) in [6.45, 7) is 0. The minimum Gasteiger partial charge on any atom is -0.453 e. The lowest BCUT2D eigenvalue weighted by atomic mass is 9.93. The summed E-state index contributed by atoms with van der Waals surface area (Å²) in [5.74, 6) is 1.62. The molecule has 0 aromatic heterocycles. The molecule has 0 atom stereocenters. The van der Waals surface area contributed by atoms with E-state index in [0.29, 0.717) is 0 Å². The lowest BCUT2D eigenvalue weighted by molar-refractivity contribution is 0.477. The van der Waals surface area contributed by atoms with Gasteiger partial charge in [-0.1, -0.05) is 200 Å². The highest BCUT2D eigenvalue weighted by Crippen LogP contribution is 2.56. The van der Waals surface area contributed by atoms with Crippen LogP contribution in [-0.2, 0) is 0 Å². The molecule has 56 heavy (non-hydrogen) atoms. The van der Waals surface area contributed by atoms with Crippen molar-refractivity contribution in [2.75, 3.05) is 4.90 Å². The van der Waals surface area contributed by atoms with Crippen molar-refractivity contribution in [3.05, 3.63) is 224 Å². The molecule has 2 nitrogen and oxygen atoms in total. The highest BCUT2D eigenvalue weighted by atomic mass is 16.5. The number of anilines is 3. The Balaban J connectivity index is 1.17. The first-order chi connectivity index (χ1) is 27.8. The van der Waals surface area contributed by atoms with E-state index in [1.54, 1.807) is 0 Å². The van der Waals surface area contributed by atoms with E-state index in [0.717, 1.165) is 73.1 Å². The maximum atomic E-state index is 6.81. The minimum atomic E-state index is 0.809. The molecule has 2 heteroatoms. The van der Waals surface area contributed by atoms with Gasteiger partial charge in [0.25, 0.3) is 0 Å². The molecule has 0 N–H and O–H groups in total. The van der Waals surface area contributed by atoms with Crippen LogP contribution in [0.3, 0.4) is 0 Å². The van der Waals surface area contributed by atoms with Gasteiger partial charge in [-0.2, -0.15) is 0 Å². The SMILES string of the molecule is c1ccc(-c2ccc(-c3ccc4c(c3)N(c3c(-c5ccccc5)cccc3-c3ccccc3)c3cc(-c5ccc(-c6ccccc6)cc5)ccc3O4)cc2)cc1. The molecule has 1 heterocycles. The van der Waals surface area contributed by atoms with Crippen LogP contribution < -0.4 is 9.64 Å². The van der Waals surface area contributed by atoms with Crippen molar-refractivity contribution in [3.63, 3.8) is 0 Å². The Morgan fingerprint density at radius 1 is 0.250 bits per heavy atom. The summed E-state index contributed by atoms with van der Waals surface area (Å²) in [4.78, 5) is 2.43. The summed E-state index contributed by atoms with van der Waals surface area (Å²) >= 11 is 0. The van der Waals surface area contributed by atoms with E-state index in [1.165, 1.54) is 22.3 Å². The predicted molar refractivity (Wildman–Crippen MR) is 234 cm³/mol. The first kappa shape index (κ1) is 33.2. The van der Waals surface area contributed by atoms with Crippen LogP contribution in [0.1, 0.15) is 0 Å². The molecule has 0 radical (unpaired) electrons. The Bertz CT molecular complexity index is 2590. The zero-order chi connectivity index (χ0) is 37.3. The maximum Gasteiger partial charge on any atom is 0.151 e. The molecule has 0 aliphatic carbocycles. The fourth-order valence-corrected chi connectivity index (χ4v) is 7.86. The second-order valence-electron chi connectivity index (χ2n) is 14.1. The van der Waals surface area contributed by atoms with Crippen LogP contribution in [0.25, 0.3) is 66.8 Å². The third kappa shape index (κ3) is 6.24. The first-order valence-corrected chi connectivity index (χ1v) is 19.1. The van der Waals surface area contributed by atoms with Gasteiger partial charge in [-0.3, -0.25) is 0 Å². The second-order valence-corrected chi connectivity index (χ2v) is 14.1. The Hall–Kier alpha value is -7.42. The second kappa shape index (κ2) is 14.4. The quantitative estimate of drug-likeness (QED) is 0.163. The number of rotatable bonds is 7. The van der Waals surface area contributed by atoms with Crippen molar-refractivity contribution in [2.24, 2.45) is 0 Å². The van der Waals surface area contributed by atoms with E-state index in [9.17, 15) is 0 Å². The van der Waals surface area contributed by atoms with Gasteiger partial charge in [-0.15, -0.1) is 0 Å². The van der Waals surface area contributed by atoms with Crippen LogP contribution in [-0.4, -0.2) is 0 Å². The van der Waals surface area contributed by atoms with E-state index < -0.39 is 0 Å². The zero-order valence-electron chi connectivity index (χ0n) is 30.7. The van der Waals surface area contributed by atoms with Crippen LogP contribution in [0, 0.1) is 0 Å². The molecule has 0 spiro atoms. The molecule has 9 aromatic rings. The van der Waals surface area contributed by atoms with Crippen molar-refractivity contribution in [2.45, 2.75) is 0 Å². The Kier molecular flexibility index (Phi) is 8.55. The van der Waals surface area contributed by atoms with Gasteiger partial charge in [-0.25, -0.2) is 0 Å². The number of hydrogen-bond donors (Lipinski definition) is 0. The third-order valence-electron chi connectivity index (χ3n) is 10.7. The summed E-state index contributed by atoms with van der Waals surface area (Å²) < 4.78 is 6.81. The van der Waals surface area contributed by atoms with Gasteiger partial charge in [0.1, 0.15) is 0 Å². The standard InChI is InChI=1S/C54H37NO/c1-5-14-38(15-6-1)40-24-28-42(29-25-40)46-32-34-52-50(36-46)55(54-48(44-18-9-3-10-19-44)22-13-23-49(54)45-20-11-4-12-21-45)51-37-47(33-35-53(51)56-52)43-30-26-41(27-31-43)39-16-7-2-8-17-39/h1-37H. The van der Waals surface area contributed by atoms with Gasteiger partial charge in [0.2, 0.25) is 0 Å². The summed E-state index contributed by atoms with van der Waals surface area (Å²) in [5.41, 5.74) is 17.0. The van der Waals surface area contributed by atoms with Gasteiger partial charge in [0.05, 0.1) is 17.1 Å². The van der Waals surface area contributed by atoms with Gasteiger partial charge in [0.15, 0.2) is 11.5 Å². The lowest BCUT2D eigenvalue weighted by Crippen LogP contribution is -2.18. The van der Waals surface area contributed by atoms with E-state index >= 15 is 0 Å². The Morgan fingerprint density at radius 2 is 0.554 bits per heavy atom. The van der Waals surface area contributed by atoms with Crippen LogP contribution in [0.2, 0.25) is 0 Å². The van der Waals surface area contributed by atoms with Crippen molar-refractivity contribution in [1.82, 2.24) is 0 Å². The van der Waals surface area contributed by atoms with Gasteiger partial charge >= 0.3 is 0 Å². The molecule has 0 saturated carbocycles. The van der Waals surface area contributed by atoms with Crippen molar-refractivity contribution in [3.8, 4) is 78.3 Å². The Morgan fingerprint density at radius 3 is 0.929 bits per heavy atom. The number of hydrogen-bond acceptors (Lipinski definition) is 2. The molecular weight excluding hydrogens is 679 g/mol. The number of fused-ring (bicyclic) bond motifs is 2. The fourth-order valence-electron chi connectivity index (χ4n) is 7.86. The smallest absolute Gasteiger partial charge is 0.151 e. The molecule has 10 rings (SSSR count). The Labute approximate surface area is 328 Å². The number of nitrogens with zero attached hydrogens (tertiary/aromatic N) is 1. The van der Waals surface area contributed by atoms with E-state index in [1.807, 2.05) is 0 Å². The normalized spacial score (nSPS) is 11.7. The molecule has 0 unspecified atom stereocenters. The van der Waals surface area contributed by atoms with Crippen LogP contribution >= 0.6 is 0 Å². The summed E-state index contributed by atoms with van der Waals surface area (Å²) in [5, 5.41) is 0. The van der Waals surface area contributed by atoms with Crippen LogP contribution in [0.15, 0.2) is 224 Å². The minimum absolute atomic E-state index is 0.809. The van der Waals surface area contributed by atoms with Gasteiger partial charge < -0.3 is 9.64 Å². The van der Waals surface area contributed by atoms with E-state index in [4.69, 9.17) is 4.74 Å². The topological polar surface area (TPSA) is 12.5 Å². The van der Waals surface area contributed by atoms with Crippen molar-refractivity contribution < 1.29 is 4.74 Å². The fraction of sp³-hybridized carbons (Fsp3) is 0. The molecule has 0 bridgehead atoms. The zero-order valence-corrected chi connectivity index (χ0v) is 30.7. The molecule has 0 saturated heterocycles. The molecule has 1 aliphatic heterocycles. The van der Waals surface area contributed by atoms with E-state index in [-0.39, 0.29) is 0 Å². The maximum absolute atomic E-state index is 6.81. The summed E-state index contributed by atoms with van der Waals surface area (Å²) in [6.07, 6.45) is 0. The predicted octanol–water partition coefficient (Wildman–Crippen LogP) is 15.3. The number of para-hydroxylation sites is 1. The summed E-state index contributed by atoms with van der Waals surface area (Å²) in [6, 6.07) is 80.0. The highest BCUT2D eigenvalue weighted by Gasteiger charge is 2.31. The highest BCUT2D eigenvalue weighted by molar-refractivity contribution is 6.01. The summed E-state index contributed by atoms with van der Waals surface area (Å²) in [7, 11) is 0. The first-order valence-electron chi connectivity index (χ1n) is 19.1. The third-order valence-corrected chi connectivity index (χ3v) is 10.7. The number of ether oxygens (including phenoxy) is 1. The molecule has 1 aliphatic rings. The van der Waals surface area contributed by atoms with Crippen LogP contribution in [0.5, 0.6) is 11.5 Å². The molecular formula is C54H37NO. The molecule has 9 aromatic carbocycles. The van der Waals surface area contributed by atoms with E-state index in [2.05, 4.69) is 229 Å². The molecule has 0 fully saturated rings. The van der Waals surface area contributed by atoms with Crippen molar-refractivity contribution >= 4 is 17.1 Å². The van der Waals surface area contributed by atoms with Crippen molar-refractivity contribution in [1.29, 1.82) is 0 Å². The lowest BCUT2D eigenvalue weighted by Gasteiger charge is -2.36. The molecule has 0 amide bonds. The van der Waals surface area contributed by atoms with Crippen LogP contribution in [0.4, 0.5) is 17.1 Å². The average molecular weight is 716 g/mol. The van der Waals surface area contributed by atoms with Gasteiger partial charge in [0, 0.05) is 11.1 Å². The monoisotopic (exact) mass is 715 g/mol. The largest absolute Gasteiger partial charge is 0.453 e.